The van der Waals surface area contributed by atoms with Gasteiger partial charge < -0.3 is 24.6 Å². The van der Waals surface area contributed by atoms with E-state index in [4.69, 9.17) is 14.6 Å². The van der Waals surface area contributed by atoms with Crippen LogP contribution in [0, 0.1) is 0 Å². The summed E-state index contributed by atoms with van der Waals surface area (Å²) < 4.78 is 49.8. The van der Waals surface area contributed by atoms with E-state index in [0.29, 0.717) is 30.2 Å². The van der Waals surface area contributed by atoms with Crippen LogP contribution in [0.4, 0.5) is 18.9 Å². The average molecular weight is 530 g/mol. The minimum absolute atomic E-state index is 0.287. The highest BCUT2D eigenvalue weighted by Crippen LogP contribution is 2.44. The predicted molar refractivity (Wildman–Crippen MR) is 138 cm³/mol. The molecule has 0 saturated carbocycles. The summed E-state index contributed by atoms with van der Waals surface area (Å²) in [5.74, 6) is -0.374. The van der Waals surface area contributed by atoms with Crippen LogP contribution in [0.1, 0.15) is 37.5 Å². The van der Waals surface area contributed by atoms with Gasteiger partial charge >= 0.3 is 12.1 Å². The van der Waals surface area contributed by atoms with Gasteiger partial charge in [0.1, 0.15) is 6.23 Å². The van der Waals surface area contributed by atoms with E-state index >= 15 is 0 Å². The Kier molecular flexibility index (Phi) is 7.60. The number of aliphatic carboxylic acids is 1. The normalized spacial score (nSPS) is 15.2. The number of fused-ring (bicyclic) bond motifs is 1. The van der Waals surface area contributed by atoms with Crippen molar-refractivity contribution in [3.8, 4) is 22.6 Å². The first kappa shape index (κ1) is 27.3. The van der Waals surface area contributed by atoms with E-state index < -0.39 is 30.5 Å². The van der Waals surface area contributed by atoms with E-state index in [1.807, 2.05) is 30.0 Å². The highest BCUT2D eigenvalue weighted by Gasteiger charge is 2.38. The Morgan fingerprint density at radius 3 is 2.32 bits per heavy atom. The highest BCUT2D eigenvalue weighted by atomic mass is 19.4. The van der Waals surface area contributed by atoms with Crippen LogP contribution in [0.2, 0.25) is 0 Å². The van der Waals surface area contributed by atoms with Gasteiger partial charge in [0, 0.05) is 24.1 Å². The van der Waals surface area contributed by atoms with E-state index in [2.05, 4.69) is 13.8 Å². The van der Waals surface area contributed by atoms with Crippen LogP contribution >= 0.6 is 0 Å². The Morgan fingerprint density at radius 2 is 1.68 bits per heavy atom. The number of aliphatic hydroxyl groups is 1. The molecule has 0 bridgehead atoms. The molecule has 1 aliphatic heterocycles. The number of ether oxygens (including phenoxy) is 2. The number of carboxylic acid groups (broad SMARTS) is 1. The molecule has 0 spiro atoms. The number of aliphatic hydroxyl groups excluding tert-OH is 1. The summed E-state index contributed by atoms with van der Waals surface area (Å²) in [6.07, 6.45) is -4.95. The summed E-state index contributed by atoms with van der Waals surface area (Å²) in [5.41, 5.74) is 3.15. The van der Waals surface area contributed by atoms with Crippen LogP contribution in [-0.2, 0) is 22.8 Å². The molecule has 0 saturated heterocycles. The third kappa shape index (κ3) is 5.88. The highest BCUT2D eigenvalue weighted by molar-refractivity contribution is 5.73. The Balaban J connectivity index is 1.56. The number of anilines is 1. The topological polar surface area (TPSA) is 79.2 Å². The monoisotopic (exact) mass is 529 g/mol. The Labute approximate surface area is 219 Å². The number of carboxylic acids is 1. The largest absolute Gasteiger partial charge is 0.490 e. The predicted octanol–water partition coefficient (Wildman–Crippen LogP) is 5.89. The van der Waals surface area contributed by atoms with Crippen molar-refractivity contribution in [2.45, 2.75) is 45.0 Å². The maximum absolute atomic E-state index is 13.0. The van der Waals surface area contributed by atoms with Gasteiger partial charge in [-0.2, -0.15) is 13.2 Å². The van der Waals surface area contributed by atoms with Crippen molar-refractivity contribution in [3.63, 3.8) is 0 Å². The smallest absolute Gasteiger partial charge is 0.416 e. The van der Waals surface area contributed by atoms with Crippen molar-refractivity contribution < 1.29 is 37.7 Å². The molecule has 1 unspecified atom stereocenters. The van der Waals surface area contributed by atoms with E-state index in [1.165, 1.54) is 12.1 Å². The Bertz CT molecular complexity index is 1300. The van der Waals surface area contributed by atoms with Gasteiger partial charge in [0.05, 0.1) is 12.2 Å². The number of alkyl halides is 3. The summed E-state index contributed by atoms with van der Waals surface area (Å²) >= 11 is 0. The first-order valence-corrected chi connectivity index (χ1v) is 12.3. The SMILES string of the molecule is CCOc1cc(CC(O)N2CC(C)(C)c3cc(-c4ccc(C(F)(F)F)cc4)ccc32)ccc1OCC(=O)O. The van der Waals surface area contributed by atoms with Gasteiger partial charge in [-0.05, 0) is 65.6 Å². The first-order valence-electron chi connectivity index (χ1n) is 12.3. The van der Waals surface area contributed by atoms with Gasteiger partial charge in [0.25, 0.3) is 0 Å². The molecule has 0 radical (unpaired) electrons. The summed E-state index contributed by atoms with van der Waals surface area (Å²) in [6.45, 7) is 6.37. The Morgan fingerprint density at radius 1 is 1.00 bits per heavy atom. The standard InChI is InChI=1S/C29H30F3NO5/c1-4-37-25-13-18(5-12-24(25)38-16-27(35)36)14-26(34)33-17-28(2,3)22-15-20(8-11-23(22)33)19-6-9-21(10-7-19)29(30,31)32/h5-13,15,26,34H,4,14,16-17H2,1-3H3,(H,35,36). The zero-order valence-electron chi connectivity index (χ0n) is 21.4. The fraction of sp³-hybridized carbons (Fsp3) is 0.345. The lowest BCUT2D eigenvalue weighted by Gasteiger charge is -2.28. The maximum Gasteiger partial charge on any atom is 0.416 e. The molecule has 3 aromatic carbocycles. The Hall–Kier alpha value is -3.72. The van der Waals surface area contributed by atoms with Gasteiger partial charge in [-0.1, -0.05) is 38.1 Å². The minimum Gasteiger partial charge on any atom is -0.490 e. The molecule has 0 fully saturated rings. The van der Waals surface area contributed by atoms with Crippen molar-refractivity contribution in [1.29, 1.82) is 0 Å². The van der Waals surface area contributed by atoms with Crippen LogP contribution in [0.3, 0.4) is 0 Å². The molecular formula is C29H30F3NO5. The third-order valence-electron chi connectivity index (χ3n) is 6.58. The van der Waals surface area contributed by atoms with Crippen LogP contribution in [-0.4, -0.2) is 42.2 Å². The molecule has 1 heterocycles. The quantitative estimate of drug-likeness (QED) is 0.360. The van der Waals surface area contributed by atoms with Crippen molar-refractivity contribution in [2.75, 3.05) is 24.7 Å². The van der Waals surface area contributed by atoms with E-state index in [9.17, 15) is 23.1 Å². The minimum atomic E-state index is -4.38. The fourth-order valence-electron chi connectivity index (χ4n) is 4.75. The molecule has 2 N–H and O–H groups in total. The van der Waals surface area contributed by atoms with Gasteiger partial charge in [-0.3, -0.25) is 0 Å². The molecule has 0 amide bonds. The zero-order valence-corrected chi connectivity index (χ0v) is 21.4. The van der Waals surface area contributed by atoms with Crippen LogP contribution < -0.4 is 14.4 Å². The van der Waals surface area contributed by atoms with Crippen molar-refractivity contribution in [2.24, 2.45) is 0 Å². The van der Waals surface area contributed by atoms with Crippen LogP contribution in [0.5, 0.6) is 11.5 Å². The van der Waals surface area contributed by atoms with Gasteiger partial charge in [-0.25, -0.2) is 4.79 Å². The summed E-state index contributed by atoms with van der Waals surface area (Å²) in [7, 11) is 0. The van der Waals surface area contributed by atoms with Gasteiger partial charge in [-0.15, -0.1) is 0 Å². The summed E-state index contributed by atoms with van der Waals surface area (Å²) in [5, 5.41) is 20.1. The zero-order chi connectivity index (χ0) is 27.7. The molecule has 38 heavy (non-hydrogen) atoms. The van der Waals surface area contributed by atoms with Gasteiger partial charge in [0.2, 0.25) is 0 Å². The first-order chi connectivity index (χ1) is 17.9. The molecule has 0 aromatic heterocycles. The van der Waals surface area contributed by atoms with E-state index in [1.54, 1.807) is 18.2 Å². The second kappa shape index (κ2) is 10.6. The fourth-order valence-corrected chi connectivity index (χ4v) is 4.75. The van der Waals surface area contributed by atoms with E-state index in [0.717, 1.165) is 34.5 Å². The lowest BCUT2D eigenvalue weighted by atomic mass is 9.85. The third-order valence-corrected chi connectivity index (χ3v) is 6.58. The molecular weight excluding hydrogens is 499 g/mol. The molecule has 1 aliphatic rings. The summed E-state index contributed by atoms with van der Waals surface area (Å²) in [4.78, 5) is 12.8. The molecule has 0 aliphatic carbocycles. The van der Waals surface area contributed by atoms with E-state index in [-0.39, 0.29) is 11.8 Å². The average Bonchev–Trinajstić information content (AvgIpc) is 3.13. The molecule has 3 aromatic rings. The summed E-state index contributed by atoms with van der Waals surface area (Å²) in [6, 6.07) is 16.0. The maximum atomic E-state index is 13.0. The molecule has 4 rings (SSSR count). The number of nitrogens with zero attached hydrogens (tertiary/aromatic N) is 1. The molecule has 9 heteroatoms. The second-order valence-electron chi connectivity index (χ2n) is 9.90. The number of halogens is 3. The van der Waals surface area contributed by atoms with Crippen molar-refractivity contribution in [3.05, 3.63) is 77.4 Å². The van der Waals surface area contributed by atoms with Crippen LogP contribution in [0.15, 0.2) is 60.7 Å². The lowest BCUT2D eigenvalue weighted by molar-refractivity contribution is -0.139. The number of rotatable bonds is 9. The van der Waals surface area contributed by atoms with Gasteiger partial charge in [0.15, 0.2) is 18.1 Å². The number of benzene rings is 3. The lowest BCUT2D eigenvalue weighted by Crippen LogP contribution is -2.38. The second-order valence-corrected chi connectivity index (χ2v) is 9.90. The number of hydrogen-bond donors (Lipinski definition) is 2. The number of hydrogen-bond acceptors (Lipinski definition) is 5. The molecule has 1 atom stereocenters. The molecule has 202 valence electrons. The number of carbonyl (C=O) groups is 1. The molecule has 6 nitrogen and oxygen atoms in total. The van der Waals surface area contributed by atoms with Crippen molar-refractivity contribution in [1.82, 2.24) is 0 Å². The van der Waals surface area contributed by atoms with Crippen LogP contribution in [0.25, 0.3) is 11.1 Å². The van der Waals surface area contributed by atoms with Crippen molar-refractivity contribution >= 4 is 11.7 Å².